The van der Waals surface area contributed by atoms with E-state index < -0.39 is 18.2 Å². The van der Waals surface area contributed by atoms with Crippen LogP contribution in [0.2, 0.25) is 0 Å². The van der Waals surface area contributed by atoms with E-state index in [2.05, 4.69) is 15.3 Å². The van der Waals surface area contributed by atoms with Crippen molar-refractivity contribution in [1.82, 2.24) is 9.97 Å². The lowest BCUT2D eigenvalue weighted by molar-refractivity contribution is -0.192. The molecule has 1 atom stereocenters. The van der Waals surface area contributed by atoms with Gasteiger partial charge in [-0.1, -0.05) is 84.9 Å². The number of halogens is 3. The van der Waals surface area contributed by atoms with Gasteiger partial charge in [-0.15, -0.1) is 0 Å². The minimum atomic E-state index is -5.08. The zero-order valence-corrected chi connectivity index (χ0v) is 19.3. The molecule has 4 aromatic rings. The number of aliphatic carboxylic acids is 1. The van der Waals surface area contributed by atoms with Crippen molar-refractivity contribution in [3.63, 3.8) is 0 Å². The normalized spacial score (nSPS) is 11.6. The average molecular weight is 509 g/mol. The number of rotatable bonds is 7. The third kappa shape index (κ3) is 7.97. The molecule has 7 nitrogen and oxygen atoms in total. The largest absolute Gasteiger partial charge is 0.490 e. The molecular weight excluding hydrogens is 487 g/mol. The molecule has 1 heterocycles. The van der Waals surface area contributed by atoms with Crippen LogP contribution in [0, 0.1) is 0 Å². The summed E-state index contributed by atoms with van der Waals surface area (Å²) in [7, 11) is 0. The van der Waals surface area contributed by atoms with Gasteiger partial charge in [0.05, 0.1) is 11.8 Å². The van der Waals surface area contributed by atoms with Crippen molar-refractivity contribution < 1.29 is 33.0 Å². The number of aliphatic hydroxyl groups is 1. The number of carboxylic acids is 1. The summed E-state index contributed by atoms with van der Waals surface area (Å²) in [5.74, 6) is -2.14. The van der Waals surface area contributed by atoms with E-state index in [4.69, 9.17) is 9.90 Å². The van der Waals surface area contributed by atoms with Gasteiger partial charge in [-0.3, -0.25) is 4.79 Å². The molecule has 0 saturated carbocycles. The van der Waals surface area contributed by atoms with Crippen LogP contribution in [0.1, 0.15) is 27.6 Å². The first kappa shape index (κ1) is 27.0. The highest BCUT2D eigenvalue weighted by molar-refractivity contribution is 6.09. The van der Waals surface area contributed by atoms with E-state index in [9.17, 15) is 23.1 Å². The Labute approximate surface area is 210 Å². The minimum absolute atomic E-state index is 0.0120. The van der Waals surface area contributed by atoms with E-state index in [1.54, 1.807) is 12.1 Å². The average Bonchev–Trinajstić information content (AvgIpc) is 2.92. The lowest BCUT2D eigenvalue weighted by Gasteiger charge is -2.13. The van der Waals surface area contributed by atoms with Crippen LogP contribution in [0.25, 0.3) is 11.3 Å². The van der Waals surface area contributed by atoms with Gasteiger partial charge in [-0.2, -0.15) is 13.2 Å². The highest BCUT2D eigenvalue weighted by Crippen LogP contribution is 2.21. The Morgan fingerprint density at radius 2 is 1.38 bits per heavy atom. The van der Waals surface area contributed by atoms with Gasteiger partial charge in [0.15, 0.2) is 5.78 Å². The molecule has 0 radical (unpaired) electrons. The second kappa shape index (κ2) is 12.4. The number of aliphatic hydroxyl groups excluding tert-OH is 1. The van der Waals surface area contributed by atoms with Gasteiger partial charge in [0.2, 0.25) is 0 Å². The number of alkyl halides is 3. The first-order valence-electron chi connectivity index (χ1n) is 10.9. The number of benzene rings is 3. The van der Waals surface area contributed by atoms with Crippen molar-refractivity contribution in [1.29, 1.82) is 0 Å². The van der Waals surface area contributed by atoms with Crippen LogP contribution in [0.4, 0.5) is 19.0 Å². The van der Waals surface area contributed by atoms with E-state index in [1.807, 2.05) is 78.9 Å². The van der Waals surface area contributed by atoms with E-state index in [-0.39, 0.29) is 5.78 Å². The monoisotopic (exact) mass is 509 g/mol. The fourth-order valence-electron chi connectivity index (χ4n) is 3.15. The molecule has 0 saturated heterocycles. The quantitative estimate of drug-likeness (QED) is 0.295. The van der Waals surface area contributed by atoms with Crippen molar-refractivity contribution in [3.05, 3.63) is 114 Å². The maximum Gasteiger partial charge on any atom is 0.490 e. The number of nitrogens with zero attached hydrogens (tertiary/aromatic N) is 2. The van der Waals surface area contributed by atoms with Crippen LogP contribution >= 0.6 is 0 Å². The number of hydrogen-bond acceptors (Lipinski definition) is 6. The fraction of sp³-hybridized carbons (Fsp3) is 0.111. The van der Waals surface area contributed by atoms with Crippen LogP contribution < -0.4 is 5.32 Å². The molecule has 10 heteroatoms. The third-order valence-electron chi connectivity index (χ3n) is 5.05. The van der Waals surface area contributed by atoms with Gasteiger partial charge in [0, 0.05) is 29.3 Å². The molecule has 37 heavy (non-hydrogen) atoms. The Morgan fingerprint density at radius 3 is 1.95 bits per heavy atom. The Hall–Kier alpha value is -4.57. The van der Waals surface area contributed by atoms with Crippen molar-refractivity contribution in [2.75, 3.05) is 11.9 Å². The SMILES string of the molecule is O=C(O)C(F)(F)F.O=C(c1ccccc1)c1ccc(-c2cc(NC[C@H](O)c3ccccc3)ncn2)cc1. The molecule has 4 rings (SSSR count). The number of carbonyl (C=O) groups excluding carboxylic acids is 1. The molecule has 0 aliphatic carbocycles. The van der Waals surface area contributed by atoms with E-state index in [1.165, 1.54) is 6.33 Å². The molecule has 0 aliphatic heterocycles. The molecule has 0 aliphatic rings. The minimum Gasteiger partial charge on any atom is -0.475 e. The van der Waals surface area contributed by atoms with E-state index in [0.29, 0.717) is 23.5 Å². The second-order valence-electron chi connectivity index (χ2n) is 7.67. The smallest absolute Gasteiger partial charge is 0.475 e. The van der Waals surface area contributed by atoms with Crippen LogP contribution in [0.3, 0.4) is 0 Å². The van der Waals surface area contributed by atoms with Crippen LogP contribution in [0.15, 0.2) is 97.3 Å². The summed E-state index contributed by atoms with van der Waals surface area (Å²) in [6, 6.07) is 27.9. The lowest BCUT2D eigenvalue weighted by atomic mass is 10.0. The first-order valence-corrected chi connectivity index (χ1v) is 10.9. The topological polar surface area (TPSA) is 112 Å². The van der Waals surface area contributed by atoms with Crippen molar-refractivity contribution in [2.45, 2.75) is 12.3 Å². The highest BCUT2D eigenvalue weighted by atomic mass is 19.4. The number of aromatic nitrogens is 2. The van der Waals surface area contributed by atoms with Gasteiger partial charge in [0.25, 0.3) is 0 Å². The summed E-state index contributed by atoms with van der Waals surface area (Å²) in [6.45, 7) is 0.338. The lowest BCUT2D eigenvalue weighted by Crippen LogP contribution is -2.21. The summed E-state index contributed by atoms with van der Waals surface area (Å²) < 4.78 is 31.7. The van der Waals surface area contributed by atoms with Gasteiger partial charge in [-0.25, -0.2) is 14.8 Å². The number of carboxylic acid groups (broad SMARTS) is 1. The van der Waals surface area contributed by atoms with E-state index >= 15 is 0 Å². The zero-order chi connectivity index (χ0) is 26.8. The molecule has 0 unspecified atom stereocenters. The maximum absolute atomic E-state index is 12.6. The predicted octanol–water partition coefficient (Wildman–Crippen LogP) is 5.15. The van der Waals surface area contributed by atoms with Crippen LogP contribution in [-0.4, -0.2) is 44.7 Å². The number of carbonyl (C=O) groups is 2. The number of anilines is 1. The van der Waals surface area contributed by atoms with Gasteiger partial charge < -0.3 is 15.5 Å². The molecule has 3 aromatic carbocycles. The number of hydrogen-bond donors (Lipinski definition) is 3. The van der Waals surface area contributed by atoms with Crippen molar-refractivity contribution >= 4 is 17.6 Å². The summed E-state index contributed by atoms with van der Waals surface area (Å²) in [4.78, 5) is 30.0. The summed E-state index contributed by atoms with van der Waals surface area (Å²) >= 11 is 0. The fourth-order valence-corrected chi connectivity index (χ4v) is 3.15. The van der Waals surface area contributed by atoms with Gasteiger partial charge in [-0.05, 0) is 5.56 Å². The van der Waals surface area contributed by atoms with Crippen LogP contribution in [0.5, 0.6) is 0 Å². The molecule has 190 valence electrons. The molecule has 0 bridgehead atoms. The molecule has 3 N–H and O–H groups in total. The molecule has 0 spiro atoms. The molecule has 0 fully saturated rings. The highest BCUT2D eigenvalue weighted by Gasteiger charge is 2.38. The molecule has 1 aromatic heterocycles. The summed E-state index contributed by atoms with van der Waals surface area (Å²) in [5.41, 5.74) is 3.76. The Balaban J connectivity index is 0.000000479. The third-order valence-corrected chi connectivity index (χ3v) is 5.05. The second-order valence-corrected chi connectivity index (χ2v) is 7.67. The van der Waals surface area contributed by atoms with E-state index in [0.717, 1.165) is 16.8 Å². The summed E-state index contributed by atoms with van der Waals surface area (Å²) in [5, 5.41) is 20.6. The predicted molar refractivity (Wildman–Crippen MR) is 131 cm³/mol. The maximum atomic E-state index is 12.6. The zero-order valence-electron chi connectivity index (χ0n) is 19.3. The summed E-state index contributed by atoms with van der Waals surface area (Å²) in [6.07, 6.45) is -4.23. The van der Waals surface area contributed by atoms with Gasteiger partial charge >= 0.3 is 12.1 Å². The molecular formula is C27H22F3N3O4. The first-order chi connectivity index (χ1) is 17.6. The van der Waals surface area contributed by atoms with Crippen molar-refractivity contribution in [2.24, 2.45) is 0 Å². The van der Waals surface area contributed by atoms with Crippen LogP contribution in [-0.2, 0) is 4.79 Å². The number of nitrogens with one attached hydrogen (secondary N) is 1. The van der Waals surface area contributed by atoms with Crippen molar-refractivity contribution in [3.8, 4) is 11.3 Å². The standard InChI is InChI=1S/C25H21N3O2.C2HF3O2/c29-23(19-7-3-1-4-8-19)16-26-24-15-22(27-17-28-24)18-11-13-21(14-12-18)25(30)20-9-5-2-6-10-20;3-2(4,5)1(6)7/h1-15,17,23,29H,16H2,(H,26,27,28);(H,6,7)/t23-;/m0./s1. The van der Waals surface area contributed by atoms with Gasteiger partial charge in [0.1, 0.15) is 12.1 Å². The Kier molecular flexibility index (Phi) is 9.06. The number of ketones is 1. The Morgan fingerprint density at radius 1 is 0.838 bits per heavy atom. The molecule has 0 amide bonds. The Bertz CT molecular complexity index is 1320.